The lowest BCUT2D eigenvalue weighted by Crippen LogP contribution is -2.42. The molecule has 1 aromatic carbocycles. The van der Waals surface area contributed by atoms with Gasteiger partial charge in [0.1, 0.15) is 18.0 Å². The quantitative estimate of drug-likeness (QED) is 0.711. The van der Waals surface area contributed by atoms with Crippen LogP contribution in [0.15, 0.2) is 18.2 Å². The second-order valence-electron chi connectivity index (χ2n) is 4.87. The van der Waals surface area contributed by atoms with Crippen molar-refractivity contribution in [1.82, 2.24) is 4.90 Å². The summed E-state index contributed by atoms with van der Waals surface area (Å²) in [6, 6.07) is 4.77. The number of anilines is 1. The molecule has 0 bridgehead atoms. The lowest BCUT2D eigenvalue weighted by molar-refractivity contribution is -0.129. The van der Waals surface area contributed by atoms with Crippen LogP contribution in [-0.2, 0) is 14.8 Å². The number of methoxy groups -OCH3 is 2. The van der Waals surface area contributed by atoms with Crippen molar-refractivity contribution in [2.75, 3.05) is 44.4 Å². The molecule has 130 valence electrons. The Kier molecular flexibility index (Phi) is 6.68. The second-order valence-corrected chi connectivity index (χ2v) is 6.78. The van der Waals surface area contributed by atoms with Gasteiger partial charge in [0.15, 0.2) is 0 Å². The highest BCUT2D eigenvalue weighted by atomic mass is 32.2. The first-order valence-corrected chi connectivity index (χ1v) is 9.10. The summed E-state index contributed by atoms with van der Waals surface area (Å²) in [7, 11) is -0.708. The number of benzene rings is 1. The van der Waals surface area contributed by atoms with Gasteiger partial charge in [-0.2, -0.15) is 0 Å². The zero-order valence-corrected chi connectivity index (χ0v) is 15.0. The first-order chi connectivity index (χ1) is 10.8. The number of carbonyl (C=O) groups excluding carboxylic acids is 1. The molecule has 0 saturated heterocycles. The van der Waals surface area contributed by atoms with Crippen molar-refractivity contribution in [2.45, 2.75) is 13.8 Å². The van der Waals surface area contributed by atoms with Crippen molar-refractivity contribution in [3.63, 3.8) is 0 Å². The van der Waals surface area contributed by atoms with Crippen LogP contribution in [0.5, 0.6) is 11.5 Å². The second kappa shape index (κ2) is 8.05. The molecule has 7 nitrogen and oxygen atoms in total. The molecule has 23 heavy (non-hydrogen) atoms. The van der Waals surface area contributed by atoms with Crippen LogP contribution < -0.4 is 13.8 Å². The number of sulfonamides is 1. The van der Waals surface area contributed by atoms with Gasteiger partial charge in [-0.05, 0) is 26.0 Å². The minimum atomic E-state index is -3.65. The normalized spacial score (nSPS) is 11.0. The summed E-state index contributed by atoms with van der Waals surface area (Å²) in [5, 5.41) is 0. The maximum absolute atomic E-state index is 12.3. The van der Waals surface area contributed by atoms with Crippen molar-refractivity contribution < 1.29 is 22.7 Å². The Morgan fingerprint density at radius 1 is 1.13 bits per heavy atom. The van der Waals surface area contributed by atoms with Crippen molar-refractivity contribution in [3.05, 3.63) is 18.2 Å². The minimum absolute atomic E-state index is 0.265. The third kappa shape index (κ3) is 4.75. The Balaban J connectivity index is 3.26. The summed E-state index contributed by atoms with van der Waals surface area (Å²) in [6.45, 7) is 4.46. The zero-order chi connectivity index (χ0) is 17.6. The van der Waals surface area contributed by atoms with E-state index in [0.717, 1.165) is 10.6 Å². The smallest absolute Gasteiger partial charge is 0.243 e. The van der Waals surface area contributed by atoms with E-state index in [4.69, 9.17) is 9.47 Å². The van der Waals surface area contributed by atoms with E-state index in [1.54, 1.807) is 23.1 Å². The Bertz CT molecular complexity index is 641. The zero-order valence-electron chi connectivity index (χ0n) is 14.2. The highest BCUT2D eigenvalue weighted by molar-refractivity contribution is 7.92. The topological polar surface area (TPSA) is 76.2 Å². The molecule has 0 spiro atoms. The Morgan fingerprint density at radius 3 is 2.17 bits per heavy atom. The number of nitrogens with zero attached hydrogens (tertiary/aromatic N) is 2. The summed E-state index contributed by atoms with van der Waals surface area (Å²) in [5.74, 6) is 0.592. The molecule has 0 unspecified atom stereocenters. The van der Waals surface area contributed by atoms with Crippen LogP contribution in [0.3, 0.4) is 0 Å². The van der Waals surface area contributed by atoms with E-state index < -0.39 is 10.0 Å². The third-order valence-electron chi connectivity index (χ3n) is 3.45. The molecule has 8 heteroatoms. The van der Waals surface area contributed by atoms with Gasteiger partial charge in [-0.1, -0.05) is 0 Å². The van der Waals surface area contributed by atoms with Crippen LogP contribution >= 0.6 is 0 Å². The fourth-order valence-corrected chi connectivity index (χ4v) is 3.02. The molecule has 0 N–H and O–H groups in total. The predicted octanol–water partition coefficient (Wildman–Crippen LogP) is 1.34. The van der Waals surface area contributed by atoms with E-state index in [0.29, 0.717) is 30.3 Å². The summed E-state index contributed by atoms with van der Waals surface area (Å²) >= 11 is 0. The van der Waals surface area contributed by atoms with Gasteiger partial charge in [-0.15, -0.1) is 0 Å². The van der Waals surface area contributed by atoms with E-state index in [1.807, 2.05) is 13.8 Å². The van der Waals surface area contributed by atoms with Gasteiger partial charge in [0.05, 0.1) is 26.2 Å². The van der Waals surface area contributed by atoms with Crippen LogP contribution in [-0.4, -0.2) is 59.3 Å². The molecule has 0 aromatic heterocycles. The van der Waals surface area contributed by atoms with Crippen LogP contribution in [0.4, 0.5) is 5.69 Å². The SMILES string of the molecule is CCN(CC)C(=O)CN(c1ccc(OC)cc1OC)S(C)(=O)=O. The average Bonchev–Trinajstić information content (AvgIpc) is 2.52. The minimum Gasteiger partial charge on any atom is -0.497 e. The number of ether oxygens (including phenoxy) is 2. The largest absolute Gasteiger partial charge is 0.497 e. The fraction of sp³-hybridized carbons (Fsp3) is 0.533. The monoisotopic (exact) mass is 344 g/mol. The van der Waals surface area contributed by atoms with Crippen molar-refractivity contribution >= 4 is 21.6 Å². The Labute approximate surface area is 137 Å². The number of hydrogen-bond donors (Lipinski definition) is 0. The van der Waals surface area contributed by atoms with Gasteiger partial charge in [-0.25, -0.2) is 8.42 Å². The summed E-state index contributed by atoms with van der Waals surface area (Å²) in [4.78, 5) is 13.9. The molecule has 0 saturated carbocycles. The first-order valence-electron chi connectivity index (χ1n) is 7.25. The van der Waals surface area contributed by atoms with Crippen LogP contribution in [0, 0.1) is 0 Å². The van der Waals surface area contributed by atoms with Crippen LogP contribution in [0.25, 0.3) is 0 Å². The molecular weight excluding hydrogens is 320 g/mol. The van der Waals surface area contributed by atoms with E-state index in [9.17, 15) is 13.2 Å². The molecule has 0 aliphatic carbocycles. The maximum atomic E-state index is 12.3. The number of rotatable bonds is 8. The van der Waals surface area contributed by atoms with E-state index in [-0.39, 0.29) is 12.5 Å². The van der Waals surface area contributed by atoms with Gasteiger partial charge in [-0.3, -0.25) is 9.10 Å². The number of hydrogen-bond acceptors (Lipinski definition) is 5. The lowest BCUT2D eigenvalue weighted by atomic mass is 10.2. The van der Waals surface area contributed by atoms with E-state index >= 15 is 0 Å². The average molecular weight is 344 g/mol. The van der Waals surface area contributed by atoms with Crippen LogP contribution in [0.2, 0.25) is 0 Å². The molecule has 0 radical (unpaired) electrons. The fourth-order valence-electron chi connectivity index (χ4n) is 2.17. The third-order valence-corrected chi connectivity index (χ3v) is 4.58. The predicted molar refractivity (Wildman–Crippen MR) is 89.7 cm³/mol. The van der Waals surface area contributed by atoms with E-state index in [2.05, 4.69) is 0 Å². The Morgan fingerprint density at radius 2 is 1.74 bits per heavy atom. The molecule has 1 amide bonds. The highest BCUT2D eigenvalue weighted by Gasteiger charge is 2.25. The van der Waals surface area contributed by atoms with Crippen molar-refractivity contribution in [2.24, 2.45) is 0 Å². The van der Waals surface area contributed by atoms with Gasteiger partial charge < -0.3 is 14.4 Å². The molecule has 0 aliphatic rings. The van der Waals surface area contributed by atoms with Crippen molar-refractivity contribution in [3.8, 4) is 11.5 Å². The summed E-state index contributed by atoms with van der Waals surface area (Å²) in [5.41, 5.74) is 0.302. The van der Waals surface area contributed by atoms with Gasteiger partial charge in [0, 0.05) is 19.2 Å². The number of amides is 1. The number of likely N-dealkylation sites (N-methyl/N-ethyl adjacent to an activating group) is 1. The van der Waals surface area contributed by atoms with Crippen LogP contribution in [0.1, 0.15) is 13.8 Å². The molecular formula is C15H24N2O5S. The molecule has 0 atom stereocenters. The molecule has 0 fully saturated rings. The van der Waals surface area contributed by atoms with Gasteiger partial charge in [0.25, 0.3) is 0 Å². The first kappa shape index (κ1) is 19.1. The maximum Gasteiger partial charge on any atom is 0.243 e. The summed E-state index contributed by atoms with van der Waals surface area (Å²) < 4.78 is 35.7. The molecule has 0 aliphatic heterocycles. The van der Waals surface area contributed by atoms with Crippen molar-refractivity contribution in [1.29, 1.82) is 0 Å². The summed E-state index contributed by atoms with van der Waals surface area (Å²) in [6.07, 6.45) is 1.06. The van der Waals surface area contributed by atoms with Gasteiger partial charge >= 0.3 is 0 Å². The Hall–Kier alpha value is -1.96. The van der Waals surface area contributed by atoms with Gasteiger partial charge in [0.2, 0.25) is 15.9 Å². The molecule has 0 heterocycles. The lowest BCUT2D eigenvalue weighted by Gasteiger charge is -2.27. The molecule has 1 aromatic rings. The highest BCUT2D eigenvalue weighted by Crippen LogP contribution is 2.33. The molecule has 1 rings (SSSR count). The standard InChI is InChI=1S/C15H24N2O5S/c1-6-16(7-2)15(18)11-17(23(5,19)20)13-9-8-12(21-3)10-14(13)22-4/h8-10H,6-7,11H2,1-5H3. The van der Waals surface area contributed by atoms with E-state index in [1.165, 1.54) is 14.2 Å². The number of carbonyl (C=O) groups is 1.